The van der Waals surface area contributed by atoms with Crippen molar-refractivity contribution in [1.82, 2.24) is 0 Å². The first-order chi connectivity index (χ1) is 15.4. The molecule has 3 aromatic rings. The van der Waals surface area contributed by atoms with Gasteiger partial charge in [-0.3, -0.25) is 14.5 Å². The van der Waals surface area contributed by atoms with Gasteiger partial charge >= 0.3 is 5.97 Å². The summed E-state index contributed by atoms with van der Waals surface area (Å²) in [6.07, 6.45) is 0. The number of carboxylic acids is 1. The minimum atomic E-state index is -1.14. The molecule has 0 aromatic heterocycles. The first-order valence-corrected chi connectivity index (χ1v) is 9.88. The van der Waals surface area contributed by atoms with E-state index in [1.807, 2.05) is 30.3 Å². The van der Waals surface area contributed by atoms with Gasteiger partial charge in [-0.25, -0.2) is 4.79 Å². The molecule has 3 aromatic carbocycles. The molecule has 0 saturated heterocycles. The van der Waals surface area contributed by atoms with Crippen LogP contribution in [0, 0.1) is 0 Å². The molecule has 2 amide bonds. The molecular weight excluding hydrogens is 412 g/mol. The fourth-order valence-corrected chi connectivity index (χ4v) is 3.32. The number of hydrogen-bond acceptors (Lipinski definition) is 5. The van der Waals surface area contributed by atoms with E-state index in [1.54, 1.807) is 31.2 Å². The number of carboxylic acid groups (broad SMARTS) is 1. The Bertz CT molecular complexity index is 1160. The first kappa shape index (κ1) is 20.9. The van der Waals surface area contributed by atoms with Gasteiger partial charge in [-0.05, 0) is 61.5 Å². The van der Waals surface area contributed by atoms with Crippen LogP contribution in [0.25, 0.3) is 0 Å². The maximum absolute atomic E-state index is 12.9. The number of benzene rings is 3. The number of carbonyl (C=O) groups is 3. The molecule has 2 N–H and O–H groups in total. The molecule has 0 aliphatic carbocycles. The molecule has 0 fully saturated rings. The lowest BCUT2D eigenvalue weighted by molar-refractivity contribution is -0.125. The van der Waals surface area contributed by atoms with Gasteiger partial charge in [0.25, 0.3) is 5.91 Å². The van der Waals surface area contributed by atoms with Crippen LogP contribution in [0.5, 0.6) is 17.2 Å². The van der Waals surface area contributed by atoms with Gasteiger partial charge in [-0.15, -0.1) is 0 Å². The minimum absolute atomic E-state index is 0.00587. The van der Waals surface area contributed by atoms with Crippen LogP contribution < -0.4 is 19.7 Å². The first-order valence-electron chi connectivity index (χ1n) is 9.88. The van der Waals surface area contributed by atoms with Crippen LogP contribution in [0.2, 0.25) is 0 Å². The molecule has 1 heterocycles. The van der Waals surface area contributed by atoms with Gasteiger partial charge in [-0.1, -0.05) is 18.2 Å². The Hall–Kier alpha value is -4.33. The number of amides is 2. The Morgan fingerprint density at radius 2 is 1.72 bits per heavy atom. The third-order valence-electron chi connectivity index (χ3n) is 4.95. The average Bonchev–Trinajstić information content (AvgIpc) is 2.80. The molecular formula is C24H20N2O6. The van der Waals surface area contributed by atoms with Crippen molar-refractivity contribution in [2.45, 2.75) is 13.0 Å². The lowest BCUT2D eigenvalue weighted by atomic mass is 10.1. The Morgan fingerprint density at radius 3 is 2.41 bits per heavy atom. The number of carbonyl (C=O) groups excluding carboxylic acids is 2. The van der Waals surface area contributed by atoms with E-state index in [4.69, 9.17) is 9.47 Å². The van der Waals surface area contributed by atoms with Crippen LogP contribution in [0.4, 0.5) is 11.4 Å². The van der Waals surface area contributed by atoms with E-state index in [-0.39, 0.29) is 17.9 Å². The summed E-state index contributed by atoms with van der Waals surface area (Å²) in [6.45, 7) is 1.34. The highest BCUT2D eigenvalue weighted by molar-refractivity contribution is 6.07. The fraction of sp³-hybridized carbons (Fsp3) is 0.125. The van der Waals surface area contributed by atoms with E-state index in [2.05, 4.69) is 5.32 Å². The molecule has 1 unspecified atom stereocenters. The van der Waals surface area contributed by atoms with Crippen molar-refractivity contribution in [3.63, 3.8) is 0 Å². The summed E-state index contributed by atoms with van der Waals surface area (Å²) in [5.41, 5.74) is 0.770. The molecule has 0 bridgehead atoms. The maximum Gasteiger partial charge on any atom is 0.335 e. The zero-order chi connectivity index (χ0) is 22.7. The monoisotopic (exact) mass is 432 g/mol. The number of nitrogens with one attached hydrogen (secondary N) is 1. The number of nitrogens with zero attached hydrogens (tertiary/aromatic N) is 1. The number of rotatable bonds is 6. The van der Waals surface area contributed by atoms with Crippen molar-refractivity contribution < 1.29 is 29.0 Å². The molecule has 1 aliphatic heterocycles. The average molecular weight is 432 g/mol. The molecule has 0 radical (unpaired) electrons. The minimum Gasteiger partial charge on any atom is -0.482 e. The van der Waals surface area contributed by atoms with Crippen molar-refractivity contribution in [2.24, 2.45) is 0 Å². The van der Waals surface area contributed by atoms with Gasteiger partial charge in [0.15, 0.2) is 6.61 Å². The largest absolute Gasteiger partial charge is 0.482 e. The van der Waals surface area contributed by atoms with E-state index in [1.165, 1.54) is 23.1 Å². The zero-order valence-electron chi connectivity index (χ0n) is 17.1. The van der Waals surface area contributed by atoms with Crippen LogP contribution in [-0.2, 0) is 9.59 Å². The molecule has 1 atom stereocenters. The van der Waals surface area contributed by atoms with Gasteiger partial charge in [0, 0.05) is 5.69 Å². The standard InChI is InChI=1S/C24H20N2O6/c1-15(26-20-13-16(24(29)30)7-12-21(20)31-14-22(26)27)23(28)25-17-8-10-19(11-9-17)32-18-5-3-2-4-6-18/h2-13,15H,14H2,1H3,(H,25,28)(H,29,30). The zero-order valence-corrected chi connectivity index (χ0v) is 17.1. The lowest BCUT2D eigenvalue weighted by Crippen LogP contribution is -2.49. The Balaban J connectivity index is 1.49. The fourth-order valence-electron chi connectivity index (χ4n) is 3.32. The number of aromatic carboxylic acids is 1. The SMILES string of the molecule is CC(C(=O)Nc1ccc(Oc2ccccc2)cc1)N1C(=O)COc2ccc(C(=O)O)cc21. The normalized spacial score (nSPS) is 13.5. The lowest BCUT2D eigenvalue weighted by Gasteiger charge is -2.33. The van der Waals surface area contributed by atoms with Gasteiger partial charge in [-0.2, -0.15) is 0 Å². The number of para-hydroxylation sites is 1. The molecule has 8 heteroatoms. The van der Waals surface area contributed by atoms with E-state index < -0.39 is 23.8 Å². The Kier molecular flexibility index (Phi) is 5.76. The predicted octanol–water partition coefficient (Wildman–Crippen LogP) is 3.93. The van der Waals surface area contributed by atoms with Crippen LogP contribution in [-0.4, -0.2) is 35.5 Å². The topological polar surface area (TPSA) is 105 Å². The van der Waals surface area contributed by atoms with Crippen LogP contribution in [0.15, 0.2) is 72.8 Å². The van der Waals surface area contributed by atoms with Crippen molar-refractivity contribution >= 4 is 29.2 Å². The van der Waals surface area contributed by atoms with Crippen LogP contribution >= 0.6 is 0 Å². The Labute approximate surface area is 184 Å². The van der Waals surface area contributed by atoms with E-state index in [9.17, 15) is 19.5 Å². The van der Waals surface area contributed by atoms with E-state index in [0.29, 0.717) is 22.9 Å². The number of hydrogen-bond donors (Lipinski definition) is 2. The second-order valence-corrected chi connectivity index (χ2v) is 7.14. The Morgan fingerprint density at radius 1 is 1.03 bits per heavy atom. The summed E-state index contributed by atoms with van der Waals surface area (Å²) in [5, 5.41) is 12.0. The van der Waals surface area contributed by atoms with Crippen LogP contribution in [0.1, 0.15) is 17.3 Å². The molecule has 1 aliphatic rings. The number of ether oxygens (including phenoxy) is 2. The van der Waals surface area contributed by atoms with E-state index in [0.717, 1.165) is 0 Å². The molecule has 0 spiro atoms. The summed E-state index contributed by atoms with van der Waals surface area (Å²) in [6, 6.07) is 19.5. The van der Waals surface area contributed by atoms with E-state index >= 15 is 0 Å². The smallest absolute Gasteiger partial charge is 0.335 e. The van der Waals surface area contributed by atoms with Crippen molar-refractivity contribution in [1.29, 1.82) is 0 Å². The van der Waals surface area contributed by atoms with Gasteiger partial charge < -0.3 is 19.9 Å². The maximum atomic E-state index is 12.9. The summed E-state index contributed by atoms with van der Waals surface area (Å²) >= 11 is 0. The molecule has 0 saturated carbocycles. The number of fused-ring (bicyclic) bond motifs is 1. The highest BCUT2D eigenvalue weighted by Gasteiger charge is 2.33. The summed E-state index contributed by atoms with van der Waals surface area (Å²) in [5.74, 6) is -0.348. The van der Waals surface area contributed by atoms with Gasteiger partial charge in [0.1, 0.15) is 23.3 Å². The highest BCUT2D eigenvalue weighted by Crippen LogP contribution is 2.34. The van der Waals surface area contributed by atoms with Crippen molar-refractivity contribution in [3.8, 4) is 17.2 Å². The van der Waals surface area contributed by atoms with Gasteiger partial charge in [0.05, 0.1) is 11.3 Å². The van der Waals surface area contributed by atoms with Crippen molar-refractivity contribution in [2.75, 3.05) is 16.8 Å². The van der Waals surface area contributed by atoms with Gasteiger partial charge in [0.2, 0.25) is 5.91 Å². The molecule has 4 rings (SSSR count). The summed E-state index contributed by atoms with van der Waals surface area (Å²) in [4.78, 5) is 38.0. The van der Waals surface area contributed by atoms with Crippen LogP contribution in [0.3, 0.4) is 0 Å². The van der Waals surface area contributed by atoms with Crippen molar-refractivity contribution in [3.05, 3.63) is 78.4 Å². The summed E-state index contributed by atoms with van der Waals surface area (Å²) < 4.78 is 11.1. The highest BCUT2D eigenvalue weighted by atomic mass is 16.5. The third-order valence-corrected chi connectivity index (χ3v) is 4.95. The molecule has 8 nitrogen and oxygen atoms in total. The third kappa shape index (κ3) is 4.39. The quantitative estimate of drug-likeness (QED) is 0.612. The summed E-state index contributed by atoms with van der Waals surface area (Å²) in [7, 11) is 0. The molecule has 32 heavy (non-hydrogen) atoms. The second-order valence-electron chi connectivity index (χ2n) is 7.14. The second kappa shape index (κ2) is 8.81. The predicted molar refractivity (Wildman–Crippen MR) is 117 cm³/mol. The molecule has 162 valence electrons. The number of anilines is 2.